The standard InChI is InChI=1S/C11H22N2O2/c1-8-9(7-12)5-6-13(8)10(14)15-11(2,3)4/h8-9H,5-7,12H2,1-4H3. The van der Waals surface area contributed by atoms with E-state index in [0.717, 1.165) is 13.0 Å². The lowest BCUT2D eigenvalue weighted by atomic mass is 10.0. The molecule has 1 amide bonds. The minimum absolute atomic E-state index is 0.199. The van der Waals surface area contributed by atoms with Gasteiger partial charge >= 0.3 is 6.09 Å². The topological polar surface area (TPSA) is 55.6 Å². The van der Waals surface area contributed by atoms with Crippen molar-refractivity contribution < 1.29 is 9.53 Å². The molecule has 0 radical (unpaired) electrons. The fourth-order valence-corrected chi connectivity index (χ4v) is 1.90. The zero-order valence-corrected chi connectivity index (χ0v) is 10.1. The number of hydrogen-bond donors (Lipinski definition) is 1. The second kappa shape index (κ2) is 4.39. The third-order valence-electron chi connectivity index (χ3n) is 2.85. The summed E-state index contributed by atoms with van der Waals surface area (Å²) in [5.41, 5.74) is 5.22. The monoisotopic (exact) mass is 214 g/mol. The van der Waals surface area contributed by atoms with E-state index in [4.69, 9.17) is 10.5 Å². The van der Waals surface area contributed by atoms with Crippen LogP contribution in [0.1, 0.15) is 34.1 Å². The van der Waals surface area contributed by atoms with Gasteiger partial charge in [0.25, 0.3) is 0 Å². The summed E-state index contributed by atoms with van der Waals surface area (Å²) >= 11 is 0. The van der Waals surface area contributed by atoms with Crippen molar-refractivity contribution in [1.82, 2.24) is 4.90 Å². The lowest BCUT2D eigenvalue weighted by Gasteiger charge is -2.28. The summed E-state index contributed by atoms with van der Waals surface area (Å²) in [4.78, 5) is 13.6. The molecule has 2 unspecified atom stereocenters. The van der Waals surface area contributed by atoms with Crippen LogP contribution in [0.2, 0.25) is 0 Å². The van der Waals surface area contributed by atoms with Crippen molar-refractivity contribution in [1.29, 1.82) is 0 Å². The molecule has 1 rings (SSSR count). The van der Waals surface area contributed by atoms with Crippen molar-refractivity contribution in [2.45, 2.75) is 45.8 Å². The molecule has 0 bridgehead atoms. The number of carbonyl (C=O) groups is 1. The number of nitrogens with zero attached hydrogens (tertiary/aromatic N) is 1. The minimum Gasteiger partial charge on any atom is -0.444 e. The molecule has 1 aliphatic rings. The van der Waals surface area contributed by atoms with Crippen LogP contribution in [-0.4, -0.2) is 35.7 Å². The van der Waals surface area contributed by atoms with Gasteiger partial charge in [0.05, 0.1) is 0 Å². The fraction of sp³-hybridized carbons (Fsp3) is 0.909. The second-order valence-electron chi connectivity index (χ2n) is 5.20. The van der Waals surface area contributed by atoms with E-state index < -0.39 is 5.60 Å². The van der Waals surface area contributed by atoms with Crippen LogP contribution in [0.15, 0.2) is 0 Å². The predicted octanol–water partition coefficient (Wildman–Crippen LogP) is 1.59. The lowest BCUT2D eigenvalue weighted by Crippen LogP contribution is -2.40. The molecular weight excluding hydrogens is 192 g/mol. The number of carbonyl (C=O) groups excluding carboxylic acids is 1. The highest BCUT2D eigenvalue weighted by Crippen LogP contribution is 2.24. The lowest BCUT2D eigenvalue weighted by molar-refractivity contribution is 0.0224. The first kappa shape index (κ1) is 12.3. The summed E-state index contributed by atoms with van der Waals surface area (Å²) in [5, 5.41) is 0. The first-order chi connectivity index (χ1) is 6.85. The van der Waals surface area contributed by atoms with Crippen molar-refractivity contribution >= 4 is 6.09 Å². The third-order valence-corrected chi connectivity index (χ3v) is 2.85. The predicted molar refractivity (Wildman–Crippen MR) is 59.6 cm³/mol. The normalized spacial score (nSPS) is 26.9. The molecule has 0 aromatic heterocycles. The van der Waals surface area contributed by atoms with Gasteiger partial charge < -0.3 is 15.4 Å². The van der Waals surface area contributed by atoms with Gasteiger partial charge in [-0.05, 0) is 46.6 Å². The Hall–Kier alpha value is -0.770. The fourth-order valence-electron chi connectivity index (χ4n) is 1.90. The zero-order valence-electron chi connectivity index (χ0n) is 10.1. The highest BCUT2D eigenvalue weighted by atomic mass is 16.6. The summed E-state index contributed by atoms with van der Waals surface area (Å²) in [6.07, 6.45) is 0.766. The molecule has 1 heterocycles. The van der Waals surface area contributed by atoms with Crippen molar-refractivity contribution in [3.8, 4) is 0 Å². The average Bonchev–Trinajstić information content (AvgIpc) is 2.43. The molecule has 0 aliphatic carbocycles. The molecule has 1 aliphatic heterocycles. The second-order valence-corrected chi connectivity index (χ2v) is 5.20. The zero-order chi connectivity index (χ0) is 11.6. The molecule has 15 heavy (non-hydrogen) atoms. The molecule has 1 fully saturated rings. The highest BCUT2D eigenvalue weighted by molar-refractivity contribution is 5.69. The number of amides is 1. The smallest absolute Gasteiger partial charge is 0.410 e. The van der Waals surface area contributed by atoms with E-state index in [1.807, 2.05) is 27.7 Å². The highest BCUT2D eigenvalue weighted by Gasteiger charge is 2.35. The van der Waals surface area contributed by atoms with E-state index in [1.54, 1.807) is 4.90 Å². The van der Waals surface area contributed by atoms with E-state index in [1.165, 1.54) is 0 Å². The maximum absolute atomic E-state index is 11.8. The quantitative estimate of drug-likeness (QED) is 0.721. The van der Waals surface area contributed by atoms with Gasteiger partial charge in [0.15, 0.2) is 0 Å². The molecule has 0 aromatic rings. The summed E-state index contributed by atoms with van der Waals surface area (Å²) in [7, 11) is 0. The molecule has 88 valence electrons. The van der Waals surface area contributed by atoms with Crippen LogP contribution in [-0.2, 0) is 4.74 Å². The molecule has 2 atom stereocenters. The molecule has 0 saturated carbocycles. The Morgan fingerprint density at radius 3 is 2.53 bits per heavy atom. The van der Waals surface area contributed by atoms with Crippen LogP contribution in [0.3, 0.4) is 0 Å². The van der Waals surface area contributed by atoms with Gasteiger partial charge in [0.1, 0.15) is 5.60 Å². The average molecular weight is 214 g/mol. The Balaban J connectivity index is 2.55. The van der Waals surface area contributed by atoms with E-state index in [-0.39, 0.29) is 12.1 Å². The number of rotatable bonds is 1. The first-order valence-electron chi connectivity index (χ1n) is 5.55. The Morgan fingerprint density at radius 2 is 2.13 bits per heavy atom. The van der Waals surface area contributed by atoms with E-state index in [9.17, 15) is 4.79 Å². The molecule has 4 heteroatoms. The van der Waals surface area contributed by atoms with Gasteiger partial charge in [-0.2, -0.15) is 0 Å². The Labute approximate surface area is 91.8 Å². The number of nitrogens with two attached hydrogens (primary N) is 1. The van der Waals surface area contributed by atoms with Crippen LogP contribution in [0.25, 0.3) is 0 Å². The summed E-state index contributed by atoms with van der Waals surface area (Å²) in [6.45, 7) is 9.08. The van der Waals surface area contributed by atoms with Gasteiger partial charge in [-0.1, -0.05) is 0 Å². The van der Waals surface area contributed by atoms with Gasteiger partial charge in [-0.3, -0.25) is 0 Å². The number of ether oxygens (including phenoxy) is 1. The van der Waals surface area contributed by atoms with E-state index >= 15 is 0 Å². The maximum atomic E-state index is 11.8. The van der Waals surface area contributed by atoms with Gasteiger partial charge in [0.2, 0.25) is 0 Å². The van der Waals surface area contributed by atoms with Crippen molar-refractivity contribution in [3.63, 3.8) is 0 Å². The van der Waals surface area contributed by atoms with E-state index in [2.05, 4.69) is 0 Å². The molecule has 1 saturated heterocycles. The maximum Gasteiger partial charge on any atom is 0.410 e. The Kier molecular flexibility index (Phi) is 3.60. The van der Waals surface area contributed by atoms with Crippen molar-refractivity contribution in [2.24, 2.45) is 11.7 Å². The van der Waals surface area contributed by atoms with Gasteiger partial charge in [0, 0.05) is 12.6 Å². The molecule has 4 nitrogen and oxygen atoms in total. The molecule has 2 N–H and O–H groups in total. The molecule has 0 aromatic carbocycles. The molecule has 0 spiro atoms. The largest absolute Gasteiger partial charge is 0.444 e. The van der Waals surface area contributed by atoms with Gasteiger partial charge in [-0.25, -0.2) is 4.79 Å². The van der Waals surface area contributed by atoms with Crippen molar-refractivity contribution in [2.75, 3.05) is 13.1 Å². The third kappa shape index (κ3) is 3.09. The molecular formula is C11H22N2O2. The van der Waals surface area contributed by atoms with Crippen LogP contribution in [0, 0.1) is 5.92 Å². The SMILES string of the molecule is CC1C(CN)CCN1C(=O)OC(C)(C)C. The minimum atomic E-state index is -0.419. The Morgan fingerprint density at radius 1 is 1.53 bits per heavy atom. The Bertz CT molecular complexity index is 235. The summed E-state index contributed by atoms with van der Waals surface area (Å²) in [5.74, 6) is 0.414. The van der Waals surface area contributed by atoms with Crippen LogP contribution < -0.4 is 5.73 Å². The first-order valence-corrected chi connectivity index (χ1v) is 5.55. The summed E-state index contributed by atoms with van der Waals surface area (Å²) < 4.78 is 5.33. The summed E-state index contributed by atoms with van der Waals surface area (Å²) in [6, 6.07) is 0.199. The number of hydrogen-bond acceptors (Lipinski definition) is 3. The van der Waals surface area contributed by atoms with Crippen LogP contribution in [0.4, 0.5) is 4.79 Å². The van der Waals surface area contributed by atoms with Crippen LogP contribution in [0.5, 0.6) is 0 Å². The van der Waals surface area contributed by atoms with Crippen molar-refractivity contribution in [3.05, 3.63) is 0 Å². The number of likely N-dealkylation sites (tertiary alicyclic amines) is 1. The van der Waals surface area contributed by atoms with Crippen LogP contribution >= 0.6 is 0 Å². The van der Waals surface area contributed by atoms with Gasteiger partial charge in [-0.15, -0.1) is 0 Å². The van der Waals surface area contributed by atoms with E-state index in [0.29, 0.717) is 12.5 Å².